The molecule has 1 aromatic heterocycles. The van der Waals surface area contributed by atoms with E-state index in [-0.39, 0.29) is 12.0 Å². The lowest BCUT2D eigenvalue weighted by Gasteiger charge is -2.24. The van der Waals surface area contributed by atoms with Crippen LogP contribution in [0.25, 0.3) is 10.2 Å². The van der Waals surface area contributed by atoms with Crippen LogP contribution >= 0.6 is 22.9 Å². The summed E-state index contributed by atoms with van der Waals surface area (Å²) in [5.41, 5.74) is 3.67. The van der Waals surface area contributed by atoms with Crippen LogP contribution in [0.15, 0.2) is 36.4 Å². The normalized spacial score (nSPS) is 16.8. The molecule has 1 aliphatic rings. The molecule has 0 aliphatic carbocycles. The number of hydrogen-bond acceptors (Lipinski definition) is 4. The molecule has 140 valence electrons. The monoisotopic (exact) mass is 400 g/mol. The van der Waals surface area contributed by atoms with E-state index in [1.807, 2.05) is 50.2 Å². The first kappa shape index (κ1) is 18.4. The maximum absolute atomic E-state index is 13.4. The molecule has 0 bridgehead atoms. The van der Waals surface area contributed by atoms with Crippen LogP contribution in [0.2, 0.25) is 5.02 Å². The first-order chi connectivity index (χ1) is 13.0. The number of ether oxygens (including phenoxy) is 1. The lowest BCUT2D eigenvalue weighted by molar-refractivity contribution is 0.0917. The van der Waals surface area contributed by atoms with E-state index in [1.54, 1.807) is 4.90 Å². The second-order valence-corrected chi connectivity index (χ2v) is 8.42. The van der Waals surface area contributed by atoms with Crippen LogP contribution in [-0.4, -0.2) is 30.1 Å². The molecular weight excluding hydrogens is 380 g/mol. The first-order valence-electron chi connectivity index (χ1n) is 9.08. The van der Waals surface area contributed by atoms with E-state index in [4.69, 9.17) is 21.3 Å². The fourth-order valence-electron chi connectivity index (χ4n) is 3.44. The maximum atomic E-state index is 13.4. The molecule has 1 amide bonds. The van der Waals surface area contributed by atoms with Crippen molar-refractivity contribution in [3.8, 4) is 0 Å². The SMILES string of the molecule is Cc1ccc(C(=O)N(CC2CCCO2)c2nc3ccc(Cl)cc3s2)c(C)c1. The Balaban J connectivity index is 1.73. The summed E-state index contributed by atoms with van der Waals surface area (Å²) in [6.07, 6.45) is 2.05. The number of thiazole rings is 1. The molecule has 1 fully saturated rings. The van der Waals surface area contributed by atoms with Crippen LogP contribution in [0.3, 0.4) is 0 Å². The van der Waals surface area contributed by atoms with Gasteiger partial charge in [0.25, 0.3) is 5.91 Å². The van der Waals surface area contributed by atoms with Gasteiger partial charge in [0.2, 0.25) is 0 Å². The highest BCUT2D eigenvalue weighted by Crippen LogP contribution is 2.32. The van der Waals surface area contributed by atoms with E-state index in [0.29, 0.717) is 22.3 Å². The Hall–Kier alpha value is -1.95. The van der Waals surface area contributed by atoms with Gasteiger partial charge in [0.05, 0.1) is 22.9 Å². The molecule has 0 spiro atoms. The zero-order valence-electron chi connectivity index (χ0n) is 15.4. The third kappa shape index (κ3) is 3.86. The van der Waals surface area contributed by atoms with E-state index in [9.17, 15) is 4.79 Å². The molecule has 2 aromatic carbocycles. The van der Waals surface area contributed by atoms with Crippen LogP contribution < -0.4 is 4.90 Å². The molecular formula is C21H21ClN2O2S. The number of aryl methyl sites for hydroxylation is 2. The van der Waals surface area contributed by atoms with Gasteiger partial charge < -0.3 is 4.74 Å². The number of carbonyl (C=O) groups excluding carboxylic acids is 1. The van der Waals surface area contributed by atoms with Crippen molar-refractivity contribution in [1.82, 2.24) is 4.98 Å². The lowest BCUT2D eigenvalue weighted by atomic mass is 10.0. The summed E-state index contributed by atoms with van der Waals surface area (Å²) in [6.45, 7) is 5.27. The summed E-state index contributed by atoms with van der Waals surface area (Å²) in [5.74, 6) is -0.0341. The summed E-state index contributed by atoms with van der Waals surface area (Å²) in [7, 11) is 0. The smallest absolute Gasteiger partial charge is 0.260 e. The van der Waals surface area contributed by atoms with Crippen molar-refractivity contribution in [1.29, 1.82) is 0 Å². The van der Waals surface area contributed by atoms with E-state index in [0.717, 1.165) is 40.8 Å². The summed E-state index contributed by atoms with van der Waals surface area (Å²) in [5, 5.41) is 1.36. The number of aromatic nitrogens is 1. The Labute approximate surface area is 167 Å². The van der Waals surface area contributed by atoms with Crippen LogP contribution in [0, 0.1) is 13.8 Å². The Morgan fingerprint density at radius 2 is 2.15 bits per heavy atom. The zero-order chi connectivity index (χ0) is 19.0. The molecule has 0 N–H and O–H groups in total. The second-order valence-electron chi connectivity index (χ2n) is 6.98. The van der Waals surface area contributed by atoms with Gasteiger partial charge in [-0.2, -0.15) is 0 Å². The maximum Gasteiger partial charge on any atom is 0.260 e. The quantitative estimate of drug-likeness (QED) is 0.589. The molecule has 1 saturated heterocycles. The van der Waals surface area contributed by atoms with Crippen molar-refractivity contribution in [2.75, 3.05) is 18.1 Å². The van der Waals surface area contributed by atoms with Gasteiger partial charge >= 0.3 is 0 Å². The number of benzene rings is 2. The minimum absolute atomic E-state index is 0.0341. The van der Waals surface area contributed by atoms with E-state index >= 15 is 0 Å². The van der Waals surface area contributed by atoms with Gasteiger partial charge in [-0.1, -0.05) is 40.6 Å². The molecule has 1 aliphatic heterocycles. The van der Waals surface area contributed by atoms with Crippen LogP contribution in [0.1, 0.15) is 34.3 Å². The summed E-state index contributed by atoms with van der Waals surface area (Å²) in [6, 6.07) is 11.5. The van der Waals surface area contributed by atoms with Gasteiger partial charge in [-0.25, -0.2) is 4.98 Å². The van der Waals surface area contributed by atoms with Crippen molar-refractivity contribution in [2.45, 2.75) is 32.8 Å². The minimum atomic E-state index is -0.0341. The Bertz CT molecular complexity index is 995. The number of nitrogens with zero attached hydrogens (tertiary/aromatic N) is 2. The molecule has 3 aromatic rings. The minimum Gasteiger partial charge on any atom is -0.376 e. The predicted molar refractivity (Wildman–Crippen MR) is 111 cm³/mol. The van der Waals surface area contributed by atoms with Gasteiger partial charge in [0, 0.05) is 17.2 Å². The fourth-order valence-corrected chi connectivity index (χ4v) is 4.69. The molecule has 4 nitrogen and oxygen atoms in total. The number of hydrogen-bond donors (Lipinski definition) is 0. The molecule has 0 radical (unpaired) electrons. The van der Waals surface area contributed by atoms with Gasteiger partial charge in [-0.3, -0.25) is 9.69 Å². The number of anilines is 1. The first-order valence-corrected chi connectivity index (χ1v) is 10.3. The molecule has 1 atom stereocenters. The highest BCUT2D eigenvalue weighted by atomic mass is 35.5. The fraction of sp³-hybridized carbons (Fsp3) is 0.333. The van der Waals surface area contributed by atoms with Gasteiger partial charge in [-0.05, 0) is 56.5 Å². The second kappa shape index (κ2) is 7.58. The standard InChI is InChI=1S/C21H21ClN2O2S/c1-13-5-7-17(14(2)10-13)20(25)24(12-16-4-3-9-26-16)21-23-18-8-6-15(22)11-19(18)27-21/h5-8,10-11,16H,3-4,9,12H2,1-2H3. The van der Waals surface area contributed by atoms with Crippen molar-refractivity contribution >= 4 is 44.2 Å². The van der Waals surface area contributed by atoms with Crippen LogP contribution in [0.4, 0.5) is 5.13 Å². The Morgan fingerprint density at radius 1 is 1.30 bits per heavy atom. The number of rotatable bonds is 4. The van der Waals surface area contributed by atoms with E-state index in [2.05, 4.69) is 0 Å². The molecule has 27 heavy (non-hydrogen) atoms. The van der Waals surface area contributed by atoms with E-state index in [1.165, 1.54) is 11.3 Å². The third-order valence-corrected chi connectivity index (χ3v) is 6.11. The molecule has 1 unspecified atom stereocenters. The highest BCUT2D eigenvalue weighted by molar-refractivity contribution is 7.22. The Kier molecular flexibility index (Phi) is 5.17. The highest BCUT2D eigenvalue weighted by Gasteiger charge is 2.27. The topological polar surface area (TPSA) is 42.4 Å². The summed E-state index contributed by atoms with van der Waals surface area (Å²) in [4.78, 5) is 19.9. The van der Waals surface area contributed by atoms with Crippen LogP contribution in [0.5, 0.6) is 0 Å². The van der Waals surface area contributed by atoms with Crippen molar-refractivity contribution < 1.29 is 9.53 Å². The Morgan fingerprint density at radius 3 is 2.89 bits per heavy atom. The molecule has 4 rings (SSSR count). The zero-order valence-corrected chi connectivity index (χ0v) is 16.9. The summed E-state index contributed by atoms with van der Waals surface area (Å²) >= 11 is 7.61. The number of amides is 1. The van der Waals surface area contributed by atoms with Crippen LogP contribution in [-0.2, 0) is 4.74 Å². The largest absolute Gasteiger partial charge is 0.376 e. The number of carbonyl (C=O) groups is 1. The van der Waals surface area contributed by atoms with Crippen molar-refractivity contribution in [3.63, 3.8) is 0 Å². The molecule has 0 saturated carbocycles. The van der Waals surface area contributed by atoms with Crippen molar-refractivity contribution in [3.05, 3.63) is 58.1 Å². The van der Waals surface area contributed by atoms with Gasteiger partial charge in [0.1, 0.15) is 0 Å². The van der Waals surface area contributed by atoms with E-state index < -0.39 is 0 Å². The number of halogens is 1. The predicted octanol–water partition coefficient (Wildman–Crippen LogP) is 5.39. The summed E-state index contributed by atoms with van der Waals surface area (Å²) < 4.78 is 6.77. The molecule has 2 heterocycles. The van der Waals surface area contributed by atoms with Crippen molar-refractivity contribution in [2.24, 2.45) is 0 Å². The lowest BCUT2D eigenvalue weighted by Crippen LogP contribution is -2.37. The number of fused-ring (bicyclic) bond motifs is 1. The van der Waals surface area contributed by atoms with Gasteiger partial charge in [0.15, 0.2) is 5.13 Å². The third-order valence-electron chi connectivity index (χ3n) is 4.84. The molecule has 6 heteroatoms. The average Bonchev–Trinajstić information content (AvgIpc) is 3.28. The average molecular weight is 401 g/mol. The van der Waals surface area contributed by atoms with Gasteiger partial charge in [-0.15, -0.1) is 0 Å².